The van der Waals surface area contributed by atoms with Crippen LogP contribution in [0.25, 0.3) is 0 Å². The molecule has 1 rings (SSSR count). The minimum absolute atomic E-state index is 0.0908. The first kappa shape index (κ1) is 9.23. The summed E-state index contributed by atoms with van der Waals surface area (Å²) in [6.45, 7) is 2.52. The molecule has 66 valence electrons. The summed E-state index contributed by atoms with van der Waals surface area (Å²) >= 11 is 0. The number of hydrogen-bond donors (Lipinski definition) is 2. The van der Waals surface area contributed by atoms with Crippen LogP contribution in [0.2, 0.25) is 0 Å². The van der Waals surface area contributed by atoms with E-state index in [0.29, 0.717) is 6.54 Å². The van der Waals surface area contributed by atoms with Gasteiger partial charge >= 0.3 is 0 Å². The first-order valence-corrected chi connectivity index (χ1v) is 4.09. The molecule has 1 aromatic carbocycles. The molecule has 0 aromatic heterocycles. The Balaban J connectivity index is 2.95. The zero-order valence-corrected chi connectivity index (χ0v) is 7.33. The number of benzene rings is 1. The van der Waals surface area contributed by atoms with Gasteiger partial charge in [-0.3, -0.25) is 0 Å². The smallest absolute Gasteiger partial charge is 0.0537 e. The molecule has 0 saturated carbocycles. The van der Waals surface area contributed by atoms with Crippen LogP contribution in [0, 0.1) is 0 Å². The van der Waals surface area contributed by atoms with Gasteiger partial charge in [-0.25, -0.2) is 0 Å². The van der Waals surface area contributed by atoms with Crippen molar-refractivity contribution in [2.24, 2.45) is 5.73 Å². The fourth-order valence-electron chi connectivity index (χ4n) is 1.11. The van der Waals surface area contributed by atoms with Crippen LogP contribution in [-0.4, -0.2) is 18.3 Å². The molecule has 0 bridgehead atoms. The predicted molar refractivity (Wildman–Crippen MR) is 49.9 cm³/mol. The molecule has 1 atom stereocenters. The maximum Gasteiger partial charge on any atom is 0.0537 e. The fraction of sp³-hybridized carbons (Fsp3) is 0.400. The van der Waals surface area contributed by atoms with E-state index in [0.717, 1.165) is 5.56 Å². The Bertz CT molecular complexity index is 229. The van der Waals surface area contributed by atoms with Crippen molar-refractivity contribution >= 4 is 0 Å². The monoisotopic (exact) mass is 165 g/mol. The largest absolute Gasteiger partial charge is 0.395 e. The Labute approximate surface area is 73.0 Å². The van der Waals surface area contributed by atoms with Crippen molar-refractivity contribution < 1.29 is 5.11 Å². The number of hydrogen-bond acceptors (Lipinski definition) is 2. The zero-order valence-electron chi connectivity index (χ0n) is 7.33. The highest BCUT2D eigenvalue weighted by atomic mass is 16.3. The van der Waals surface area contributed by atoms with Crippen LogP contribution in [0.15, 0.2) is 30.3 Å². The second-order valence-corrected chi connectivity index (χ2v) is 3.29. The molecule has 0 aliphatic carbocycles. The molecule has 1 aromatic rings. The second kappa shape index (κ2) is 3.70. The van der Waals surface area contributed by atoms with Gasteiger partial charge < -0.3 is 10.8 Å². The van der Waals surface area contributed by atoms with Gasteiger partial charge in [-0.2, -0.15) is 0 Å². The highest BCUT2D eigenvalue weighted by molar-refractivity contribution is 5.24. The molecular formula is C10H15NO. The van der Waals surface area contributed by atoms with E-state index in [4.69, 9.17) is 10.8 Å². The number of aliphatic hydroxyl groups excluding tert-OH is 1. The third kappa shape index (κ3) is 1.65. The molecule has 0 aliphatic rings. The standard InChI is InChI=1S/C10H15NO/c1-10(7-11,8-12)9-5-3-2-4-6-9/h2-6,12H,7-8,11H2,1H3/t10-/m1/s1. The van der Waals surface area contributed by atoms with E-state index in [-0.39, 0.29) is 12.0 Å². The van der Waals surface area contributed by atoms with Crippen molar-refractivity contribution in [3.05, 3.63) is 35.9 Å². The van der Waals surface area contributed by atoms with Crippen molar-refractivity contribution in [2.45, 2.75) is 12.3 Å². The summed E-state index contributed by atoms with van der Waals surface area (Å²) in [7, 11) is 0. The average molecular weight is 165 g/mol. The molecule has 3 N–H and O–H groups in total. The van der Waals surface area contributed by atoms with Gasteiger partial charge in [0.2, 0.25) is 0 Å². The highest BCUT2D eigenvalue weighted by Gasteiger charge is 2.23. The van der Waals surface area contributed by atoms with Gasteiger partial charge in [0.05, 0.1) is 6.61 Å². The van der Waals surface area contributed by atoms with E-state index in [1.54, 1.807) is 0 Å². The Kier molecular flexibility index (Phi) is 2.84. The van der Waals surface area contributed by atoms with Gasteiger partial charge in [0.1, 0.15) is 0 Å². The summed E-state index contributed by atoms with van der Waals surface area (Å²) in [5.41, 5.74) is 6.39. The van der Waals surface area contributed by atoms with Crippen LogP contribution in [0.4, 0.5) is 0 Å². The SMILES string of the molecule is C[C@@](CN)(CO)c1ccccc1. The quantitative estimate of drug-likeness (QED) is 0.699. The molecular weight excluding hydrogens is 150 g/mol. The van der Waals surface area contributed by atoms with E-state index < -0.39 is 0 Å². The molecule has 2 heteroatoms. The number of rotatable bonds is 3. The molecule has 0 heterocycles. The molecule has 12 heavy (non-hydrogen) atoms. The van der Waals surface area contributed by atoms with E-state index in [9.17, 15) is 0 Å². The normalized spacial score (nSPS) is 15.6. The summed E-state index contributed by atoms with van der Waals surface area (Å²) in [6, 6.07) is 9.85. The summed E-state index contributed by atoms with van der Waals surface area (Å²) in [5.74, 6) is 0. The van der Waals surface area contributed by atoms with Crippen LogP contribution in [0.3, 0.4) is 0 Å². The van der Waals surface area contributed by atoms with Crippen molar-refractivity contribution in [2.75, 3.05) is 13.2 Å². The molecule has 0 fully saturated rings. The lowest BCUT2D eigenvalue weighted by Gasteiger charge is -2.25. The number of aliphatic hydroxyl groups is 1. The summed E-state index contributed by atoms with van der Waals surface area (Å²) < 4.78 is 0. The van der Waals surface area contributed by atoms with Crippen LogP contribution in [-0.2, 0) is 5.41 Å². The van der Waals surface area contributed by atoms with Gasteiger partial charge in [-0.1, -0.05) is 37.3 Å². The van der Waals surface area contributed by atoms with Crippen molar-refractivity contribution in [3.8, 4) is 0 Å². The maximum absolute atomic E-state index is 9.16. The van der Waals surface area contributed by atoms with E-state index in [1.165, 1.54) is 0 Å². The van der Waals surface area contributed by atoms with Crippen LogP contribution >= 0.6 is 0 Å². The van der Waals surface area contributed by atoms with Crippen molar-refractivity contribution in [3.63, 3.8) is 0 Å². The molecule has 0 aliphatic heterocycles. The zero-order chi connectivity index (χ0) is 9.03. The fourth-order valence-corrected chi connectivity index (χ4v) is 1.11. The first-order valence-electron chi connectivity index (χ1n) is 4.09. The number of nitrogens with two attached hydrogens (primary N) is 1. The highest BCUT2D eigenvalue weighted by Crippen LogP contribution is 2.20. The van der Waals surface area contributed by atoms with Gasteiger partial charge in [0, 0.05) is 12.0 Å². The molecule has 0 amide bonds. The van der Waals surface area contributed by atoms with Crippen LogP contribution in [0.1, 0.15) is 12.5 Å². The lowest BCUT2D eigenvalue weighted by atomic mass is 9.83. The third-order valence-electron chi connectivity index (χ3n) is 2.27. The van der Waals surface area contributed by atoms with Gasteiger partial charge in [0.25, 0.3) is 0 Å². The molecule has 2 nitrogen and oxygen atoms in total. The lowest BCUT2D eigenvalue weighted by Crippen LogP contribution is -2.35. The van der Waals surface area contributed by atoms with Gasteiger partial charge in [0.15, 0.2) is 0 Å². The lowest BCUT2D eigenvalue weighted by molar-refractivity contribution is 0.210. The maximum atomic E-state index is 9.16. The Morgan fingerprint density at radius 3 is 2.33 bits per heavy atom. The van der Waals surface area contributed by atoms with E-state index in [2.05, 4.69) is 0 Å². The second-order valence-electron chi connectivity index (χ2n) is 3.29. The van der Waals surface area contributed by atoms with Crippen molar-refractivity contribution in [1.82, 2.24) is 0 Å². The molecule has 0 radical (unpaired) electrons. The third-order valence-corrected chi connectivity index (χ3v) is 2.27. The first-order chi connectivity index (χ1) is 5.73. The minimum Gasteiger partial charge on any atom is -0.395 e. The Hall–Kier alpha value is -0.860. The topological polar surface area (TPSA) is 46.2 Å². The molecule has 0 spiro atoms. The Morgan fingerprint density at radius 1 is 1.33 bits per heavy atom. The van der Waals surface area contributed by atoms with Crippen LogP contribution < -0.4 is 5.73 Å². The average Bonchev–Trinajstić information content (AvgIpc) is 2.18. The minimum atomic E-state index is -0.290. The summed E-state index contributed by atoms with van der Waals surface area (Å²) in [6.07, 6.45) is 0. The molecule has 0 unspecified atom stereocenters. The van der Waals surface area contributed by atoms with Crippen LogP contribution in [0.5, 0.6) is 0 Å². The molecule has 0 saturated heterocycles. The summed E-state index contributed by atoms with van der Waals surface area (Å²) in [4.78, 5) is 0. The van der Waals surface area contributed by atoms with E-state index >= 15 is 0 Å². The van der Waals surface area contributed by atoms with E-state index in [1.807, 2.05) is 37.3 Å². The Morgan fingerprint density at radius 2 is 1.92 bits per heavy atom. The van der Waals surface area contributed by atoms with Gasteiger partial charge in [-0.15, -0.1) is 0 Å². The summed E-state index contributed by atoms with van der Waals surface area (Å²) in [5, 5.41) is 9.16. The van der Waals surface area contributed by atoms with Crippen molar-refractivity contribution in [1.29, 1.82) is 0 Å². The predicted octanol–water partition coefficient (Wildman–Crippen LogP) is 0.895. The van der Waals surface area contributed by atoms with Gasteiger partial charge in [-0.05, 0) is 5.56 Å².